The normalized spacial score (nSPS) is 14.4. The van der Waals surface area contributed by atoms with E-state index in [1.54, 1.807) is 49.2 Å². The summed E-state index contributed by atoms with van der Waals surface area (Å²) in [5.41, 5.74) is 2.52. The highest BCUT2D eigenvalue weighted by Crippen LogP contribution is 2.36. The Kier molecular flexibility index (Phi) is 5.11. The van der Waals surface area contributed by atoms with Gasteiger partial charge in [-0.25, -0.2) is 4.90 Å². The zero-order chi connectivity index (χ0) is 18.8. The van der Waals surface area contributed by atoms with Crippen molar-refractivity contribution in [3.63, 3.8) is 0 Å². The zero-order valence-electron chi connectivity index (χ0n) is 14.6. The fourth-order valence-electron chi connectivity index (χ4n) is 3.09. The summed E-state index contributed by atoms with van der Waals surface area (Å²) in [4.78, 5) is 29.1. The summed E-state index contributed by atoms with van der Waals surface area (Å²) in [6.45, 7) is 1.93. The van der Waals surface area contributed by atoms with Crippen LogP contribution in [0.4, 0.5) is 5.69 Å². The monoisotopic (exact) mass is 370 g/mol. The summed E-state index contributed by atoms with van der Waals surface area (Å²) >= 11 is 6.01. The third-order valence-electron chi connectivity index (χ3n) is 4.34. The second-order valence-corrected chi connectivity index (χ2v) is 6.55. The summed E-state index contributed by atoms with van der Waals surface area (Å²) in [5.74, 6) is -0.790. The number of carbonyl (C=O) groups excluding carboxylic acids is 2. The second kappa shape index (κ2) is 7.32. The molecule has 1 heterocycles. The summed E-state index contributed by atoms with van der Waals surface area (Å²) in [7, 11) is 1.69. The van der Waals surface area contributed by atoms with Crippen molar-refractivity contribution in [3.05, 3.63) is 70.4 Å². The molecule has 0 aliphatic carbocycles. The van der Waals surface area contributed by atoms with Gasteiger partial charge in [-0.05, 0) is 36.2 Å². The van der Waals surface area contributed by atoms with Crippen molar-refractivity contribution in [2.24, 2.45) is 0 Å². The number of hydrogen-bond acceptors (Lipinski definition) is 4. The van der Waals surface area contributed by atoms with Crippen LogP contribution in [0.25, 0.3) is 5.57 Å². The van der Waals surface area contributed by atoms with Gasteiger partial charge in [-0.1, -0.05) is 41.9 Å². The van der Waals surface area contributed by atoms with Crippen LogP contribution in [0.2, 0.25) is 5.02 Å². The minimum atomic E-state index is -0.407. The SMILES string of the molecule is Cc1cc(Cl)ccc1N1C(=O)C(c2ccccc2)=C(N(C)CCO)C1=O. The lowest BCUT2D eigenvalue weighted by Gasteiger charge is -2.21. The molecule has 5 nitrogen and oxygen atoms in total. The van der Waals surface area contributed by atoms with Gasteiger partial charge >= 0.3 is 0 Å². The molecule has 0 radical (unpaired) electrons. The lowest BCUT2D eigenvalue weighted by molar-refractivity contribution is -0.120. The Morgan fingerprint density at radius 3 is 2.38 bits per heavy atom. The van der Waals surface area contributed by atoms with E-state index >= 15 is 0 Å². The average molecular weight is 371 g/mol. The van der Waals surface area contributed by atoms with Gasteiger partial charge in [0.15, 0.2) is 0 Å². The molecule has 2 aromatic rings. The Hall–Kier alpha value is -2.63. The van der Waals surface area contributed by atoms with Crippen LogP contribution in [-0.2, 0) is 9.59 Å². The van der Waals surface area contributed by atoms with E-state index in [0.29, 0.717) is 21.8 Å². The Balaban J connectivity index is 2.14. The minimum absolute atomic E-state index is 0.122. The number of aryl methyl sites for hydroxylation is 1. The molecule has 1 aliphatic heterocycles. The number of rotatable bonds is 5. The van der Waals surface area contributed by atoms with E-state index in [2.05, 4.69) is 0 Å². The quantitative estimate of drug-likeness (QED) is 0.822. The molecule has 1 aliphatic rings. The first-order valence-electron chi connectivity index (χ1n) is 8.22. The molecule has 0 fully saturated rings. The Morgan fingerprint density at radius 1 is 1.08 bits per heavy atom. The highest BCUT2D eigenvalue weighted by Gasteiger charge is 2.42. The highest BCUT2D eigenvalue weighted by molar-refractivity contribution is 6.45. The lowest BCUT2D eigenvalue weighted by Crippen LogP contribution is -2.35. The smallest absolute Gasteiger partial charge is 0.282 e. The third-order valence-corrected chi connectivity index (χ3v) is 4.57. The van der Waals surface area contributed by atoms with Gasteiger partial charge in [-0.15, -0.1) is 0 Å². The van der Waals surface area contributed by atoms with E-state index in [-0.39, 0.29) is 24.8 Å². The second-order valence-electron chi connectivity index (χ2n) is 6.11. The summed E-state index contributed by atoms with van der Waals surface area (Å²) in [5, 5.41) is 9.82. The molecule has 0 saturated heterocycles. The van der Waals surface area contributed by atoms with Crippen LogP contribution in [0.15, 0.2) is 54.2 Å². The summed E-state index contributed by atoms with van der Waals surface area (Å²) in [6.07, 6.45) is 0. The van der Waals surface area contributed by atoms with E-state index < -0.39 is 5.91 Å². The van der Waals surface area contributed by atoms with Gasteiger partial charge in [0.25, 0.3) is 11.8 Å². The number of aliphatic hydroxyl groups is 1. The molecule has 26 heavy (non-hydrogen) atoms. The maximum atomic E-state index is 13.2. The topological polar surface area (TPSA) is 60.9 Å². The predicted octanol–water partition coefficient (Wildman–Crippen LogP) is 2.86. The van der Waals surface area contributed by atoms with E-state index in [0.717, 1.165) is 5.56 Å². The van der Waals surface area contributed by atoms with Crippen LogP contribution in [0.3, 0.4) is 0 Å². The number of nitrogens with zero attached hydrogens (tertiary/aromatic N) is 2. The number of halogens is 1. The first kappa shape index (κ1) is 18.2. The Labute approximate surface area is 157 Å². The molecule has 3 rings (SSSR count). The van der Waals surface area contributed by atoms with Crippen LogP contribution in [0, 0.1) is 6.92 Å². The average Bonchev–Trinajstić information content (AvgIpc) is 2.87. The molecule has 6 heteroatoms. The van der Waals surface area contributed by atoms with Crippen molar-refractivity contribution in [3.8, 4) is 0 Å². The van der Waals surface area contributed by atoms with Crippen LogP contribution in [-0.4, -0.2) is 42.0 Å². The minimum Gasteiger partial charge on any atom is -0.395 e. The largest absolute Gasteiger partial charge is 0.395 e. The Morgan fingerprint density at radius 2 is 1.77 bits per heavy atom. The van der Waals surface area contributed by atoms with E-state index in [4.69, 9.17) is 11.6 Å². The van der Waals surface area contributed by atoms with Crippen molar-refractivity contribution in [1.29, 1.82) is 0 Å². The number of carbonyl (C=O) groups is 2. The van der Waals surface area contributed by atoms with Gasteiger partial charge in [0, 0.05) is 18.6 Å². The first-order chi connectivity index (χ1) is 12.5. The molecular formula is C20H19ClN2O3. The summed E-state index contributed by atoms with van der Waals surface area (Å²) in [6, 6.07) is 14.1. The van der Waals surface area contributed by atoms with E-state index in [9.17, 15) is 14.7 Å². The van der Waals surface area contributed by atoms with Crippen LogP contribution >= 0.6 is 11.6 Å². The number of amides is 2. The third kappa shape index (κ3) is 3.11. The number of imide groups is 1. The maximum Gasteiger partial charge on any atom is 0.282 e. The van der Waals surface area contributed by atoms with Crippen LogP contribution in [0.5, 0.6) is 0 Å². The van der Waals surface area contributed by atoms with Crippen molar-refractivity contribution < 1.29 is 14.7 Å². The standard InChI is InChI=1S/C20H19ClN2O3/c1-13-12-15(21)8-9-16(13)23-19(25)17(14-6-4-3-5-7-14)18(20(23)26)22(2)10-11-24/h3-9,12,24H,10-11H2,1-2H3. The number of aliphatic hydroxyl groups excluding tert-OH is 1. The molecule has 1 N–H and O–H groups in total. The van der Waals surface area contributed by atoms with Crippen molar-refractivity contribution in [1.82, 2.24) is 4.90 Å². The molecule has 2 aromatic carbocycles. The molecule has 0 bridgehead atoms. The number of hydrogen-bond donors (Lipinski definition) is 1. The summed E-state index contributed by atoms with van der Waals surface area (Å²) < 4.78 is 0. The van der Waals surface area contributed by atoms with Gasteiger partial charge < -0.3 is 10.0 Å². The molecule has 0 atom stereocenters. The molecule has 0 spiro atoms. The first-order valence-corrected chi connectivity index (χ1v) is 8.60. The van der Waals surface area contributed by atoms with Gasteiger partial charge in [0.05, 0.1) is 17.9 Å². The van der Waals surface area contributed by atoms with Crippen molar-refractivity contribution in [2.45, 2.75) is 6.92 Å². The van der Waals surface area contributed by atoms with Gasteiger partial charge in [0.1, 0.15) is 5.70 Å². The zero-order valence-corrected chi connectivity index (χ0v) is 15.3. The van der Waals surface area contributed by atoms with Gasteiger partial charge in [0.2, 0.25) is 0 Å². The van der Waals surface area contributed by atoms with Crippen molar-refractivity contribution in [2.75, 3.05) is 25.1 Å². The number of likely N-dealkylation sites (N-methyl/N-ethyl adjacent to an activating group) is 1. The van der Waals surface area contributed by atoms with Crippen LogP contribution in [0.1, 0.15) is 11.1 Å². The number of benzene rings is 2. The molecule has 0 unspecified atom stereocenters. The van der Waals surface area contributed by atoms with Crippen molar-refractivity contribution >= 4 is 34.7 Å². The fraction of sp³-hybridized carbons (Fsp3) is 0.200. The molecule has 134 valence electrons. The molecular weight excluding hydrogens is 352 g/mol. The number of anilines is 1. The highest BCUT2D eigenvalue weighted by atomic mass is 35.5. The Bertz CT molecular complexity index is 893. The van der Waals surface area contributed by atoms with Gasteiger partial charge in [-0.2, -0.15) is 0 Å². The molecule has 2 amide bonds. The van der Waals surface area contributed by atoms with E-state index in [1.165, 1.54) is 4.90 Å². The van der Waals surface area contributed by atoms with Gasteiger partial charge in [-0.3, -0.25) is 9.59 Å². The molecule has 0 aromatic heterocycles. The fourth-order valence-corrected chi connectivity index (χ4v) is 3.31. The van der Waals surface area contributed by atoms with Crippen LogP contribution < -0.4 is 4.90 Å². The predicted molar refractivity (Wildman–Crippen MR) is 102 cm³/mol. The maximum absolute atomic E-state index is 13.2. The lowest BCUT2D eigenvalue weighted by atomic mass is 10.0. The molecule has 0 saturated carbocycles. The van der Waals surface area contributed by atoms with E-state index in [1.807, 2.05) is 18.2 Å².